The van der Waals surface area contributed by atoms with Crippen LogP contribution in [0.25, 0.3) is 0 Å². The molecule has 2 aromatic rings. The smallest absolute Gasteiger partial charge is 0.304 e. The predicted octanol–water partition coefficient (Wildman–Crippen LogP) is 3.36. The third kappa shape index (κ3) is 5.58. The second kappa shape index (κ2) is 9.41. The van der Waals surface area contributed by atoms with Crippen LogP contribution in [0.3, 0.4) is 0 Å². The Hall–Kier alpha value is -2.38. The topological polar surface area (TPSA) is 69.7 Å². The molecule has 0 aliphatic rings. The molecule has 0 aliphatic carbocycles. The lowest BCUT2D eigenvalue weighted by Gasteiger charge is -2.29. The van der Waals surface area contributed by atoms with Gasteiger partial charge in [-0.05, 0) is 55.5 Å². The average Bonchev–Trinajstić information content (AvgIpc) is 2.68. The van der Waals surface area contributed by atoms with Gasteiger partial charge < -0.3 is 5.32 Å². The van der Waals surface area contributed by atoms with E-state index in [9.17, 15) is 13.2 Å². The highest BCUT2D eigenvalue weighted by molar-refractivity contribution is 7.90. The number of rotatable bonds is 8. The molecule has 1 atom stereocenters. The first-order valence-electron chi connectivity index (χ1n) is 9.72. The van der Waals surface area contributed by atoms with Crippen molar-refractivity contribution in [1.82, 2.24) is 9.62 Å². The number of carbonyl (C=O) groups excluding carboxylic acids is 1. The number of anilines is 1. The van der Waals surface area contributed by atoms with Gasteiger partial charge in [0, 0.05) is 14.1 Å². The van der Waals surface area contributed by atoms with Crippen LogP contribution in [0.15, 0.2) is 42.5 Å². The number of hydrogen-bond donors (Lipinski definition) is 1. The van der Waals surface area contributed by atoms with Gasteiger partial charge in [-0.1, -0.05) is 43.3 Å². The number of aryl methyl sites for hydroxylation is 3. The molecule has 0 spiro atoms. The van der Waals surface area contributed by atoms with Crippen LogP contribution in [-0.4, -0.2) is 39.3 Å². The summed E-state index contributed by atoms with van der Waals surface area (Å²) in [5, 5.41) is 2.92. The van der Waals surface area contributed by atoms with Crippen LogP contribution in [-0.2, 0) is 21.4 Å². The number of amides is 1. The van der Waals surface area contributed by atoms with Crippen molar-refractivity contribution < 1.29 is 13.2 Å². The summed E-state index contributed by atoms with van der Waals surface area (Å²) < 4.78 is 28.1. The Kier molecular flexibility index (Phi) is 7.43. The summed E-state index contributed by atoms with van der Waals surface area (Å²) in [6.07, 6.45) is 0.953. The highest BCUT2D eigenvalue weighted by Crippen LogP contribution is 2.25. The van der Waals surface area contributed by atoms with Crippen LogP contribution in [0.5, 0.6) is 0 Å². The van der Waals surface area contributed by atoms with Gasteiger partial charge in [-0.3, -0.25) is 4.79 Å². The van der Waals surface area contributed by atoms with Crippen LogP contribution in [0.1, 0.15) is 42.1 Å². The van der Waals surface area contributed by atoms with E-state index in [0.717, 1.165) is 31.7 Å². The lowest BCUT2D eigenvalue weighted by molar-refractivity contribution is -0.120. The Labute approximate surface area is 174 Å². The van der Waals surface area contributed by atoms with Crippen molar-refractivity contribution in [3.8, 4) is 0 Å². The van der Waals surface area contributed by atoms with E-state index in [4.69, 9.17) is 0 Å². The van der Waals surface area contributed by atoms with Gasteiger partial charge in [0.1, 0.15) is 6.54 Å². The maximum absolute atomic E-state index is 12.9. The van der Waals surface area contributed by atoms with Gasteiger partial charge in [0.2, 0.25) is 5.91 Å². The van der Waals surface area contributed by atoms with Gasteiger partial charge in [-0.15, -0.1) is 0 Å². The second-order valence-corrected chi connectivity index (χ2v) is 9.54. The first-order chi connectivity index (χ1) is 13.6. The molecule has 7 heteroatoms. The molecule has 0 saturated heterocycles. The van der Waals surface area contributed by atoms with Gasteiger partial charge in [0.15, 0.2) is 0 Å². The van der Waals surface area contributed by atoms with E-state index in [1.54, 1.807) is 6.07 Å². The molecular weight excluding hydrogens is 386 g/mol. The van der Waals surface area contributed by atoms with Gasteiger partial charge in [0.25, 0.3) is 0 Å². The minimum atomic E-state index is -3.83. The van der Waals surface area contributed by atoms with Gasteiger partial charge in [-0.25, -0.2) is 4.31 Å². The van der Waals surface area contributed by atoms with Crippen molar-refractivity contribution in [2.45, 2.75) is 40.2 Å². The van der Waals surface area contributed by atoms with E-state index < -0.39 is 10.2 Å². The molecule has 0 unspecified atom stereocenters. The minimum Gasteiger partial charge on any atom is -0.348 e. The Morgan fingerprint density at radius 3 is 2.24 bits per heavy atom. The lowest BCUT2D eigenvalue weighted by Crippen LogP contribution is -2.46. The fraction of sp³-hybridized carbons (Fsp3) is 0.409. The zero-order chi connectivity index (χ0) is 21.8. The molecule has 158 valence electrons. The Morgan fingerprint density at radius 1 is 1.07 bits per heavy atom. The Morgan fingerprint density at radius 2 is 1.69 bits per heavy atom. The van der Waals surface area contributed by atoms with E-state index in [-0.39, 0.29) is 18.5 Å². The quantitative estimate of drug-likeness (QED) is 0.716. The Balaban J connectivity index is 2.26. The predicted molar refractivity (Wildman–Crippen MR) is 118 cm³/mol. The van der Waals surface area contributed by atoms with E-state index in [0.29, 0.717) is 5.69 Å². The third-order valence-corrected chi connectivity index (χ3v) is 6.73. The monoisotopic (exact) mass is 417 g/mol. The largest absolute Gasteiger partial charge is 0.348 e. The summed E-state index contributed by atoms with van der Waals surface area (Å²) >= 11 is 0. The van der Waals surface area contributed by atoms with Crippen molar-refractivity contribution in [2.75, 3.05) is 24.9 Å². The van der Waals surface area contributed by atoms with E-state index in [1.165, 1.54) is 19.7 Å². The van der Waals surface area contributed by atoms with Crippen molar-refractivity contribution in [2.24, 2.45) is 0 Å². The minimum absolute atomic E-state index is 0.226. The third-order valence-electron chi connectivity index (χ3n) is 4.93. The molecule has 29 heavy (non-hydrogen) atoms. The molecule has 0 radical (unpaired) electrons. The maximum Gasteiger partial charge on any atom is 0.304 e. The standard InChI is InChI=1S/C22H31N3O3S/c1-7-19-10-12-20(13-11-19)18(4)23-22(26)15-25(29(27,28)24(5)6)21-14-16(2)8-9-17(21)3/h8-14,18H,7,15H2,1-6H3,(H,23,26)/t18-/m0/s1. The first-order valence-corrected chi connectivity index (χ1v) is 11.1. The molecule has 0 aliphatic heterocycles. The maximum atomic E-state index is 12.9. The van der Waals surface area contributed by atoms with Gasteiger partial charge in [-0.2, -0.15) is 12.7 Å². The number of nitrogens with one attached hydrogen (secondary N) is 1. The molecule has 0 heterocycles. The highest BCUT2D eigenvalue weighted by atomic mass is 32.2. The van der Waals surface area contributed by atoms with Crippen LogP contribution >= 0.6 is 0 Å². The molecule has 2 rings (SSSR count). The van der Waals surface area contributed by atoms with Crippen LogP contribution in [0.4, 0.5) is 5.69 Å². The molecule has 1 amide bonds. The number of hydrogen-bond acceptors (Lipinski definition) is 3. The molecule has 0 aromatic heterocycles. The fourth-order valence-electron chi connectivity index (χ4n) is 3.02. The summed E-state index contributed by atoms with van der Waals surface area (Å²) in [5.41, 5.74) is 4.43. The number of benzene rings is 2. The van der Waals surface area contributed by atoms with Gasteiger partial charge in [0.05, 0.1) is 11.7 Å². The summed E-state index contributed by atoms with van der Waals surface area (Å²) in [4.78, 5) is 12.8. The molecule has 0 bridgehead atoms. The van der Waals surface area contributed by atoms with E-state index in [1.807, 2.05) is 57.2 Å². The van der Waals surface area contributed by atoms with Gasteiger partial charge >= 0.3 is 10.2 Å². The van der Waals surface area contributed by atoms with Crippen molar-refractivity contribution in [1.29, 1.82) is 0 Å². The fourth-order valence-corrected chi connectivity index (χ4v) is 4.14. The van der Waals surface area contributed by atoms with Crippen molar-refractivity contribution in [3.63, 3.8) is 0 Å². The highest BCUT2D eigenvalue weighted by Gasteiger charge is 2.29. The van der Waals surface area contributed by atoms with Crippen LogP contribution < -0.4 is 9.62 Å². The van der Waals surface area contributed by atoms with Crippen LogP contribution in [0.2, 0.25) is 0 Å². The van der Waals surface area contributed by atoms with E-state index >= 15 is 0 Å². The van der Waals surface area contributed by atoms with E-state index in [2.05, 4.69) is 12.2 Å². The number of nitrogens with zero attached hydrogens (tertiary/aromatic N) is 2. The second-order valence-electron chi connectivity index (χ2n) is 7.47. The molecule has 1 N–H and O–H groups in total. The summed E-state index contributed by atoms with van der Waals surface area (Å²) in [7, 11) is -0.907. The van der Waals surface area contributed by atoms with Crippen molar-refractivity contribution in [3.05, 3.63) is 64.7 Å². The summed E-state index contributed by atoms with van der Waals surface area (Å²) in [5.74, 6) is -0.358. The number of carbonyl (C=O) groups is 1. The molecule has 6 nitrogen and oxygen atoms in total. The van der Waals surface area contributed by atoms with Crippen LogP contribution in [0, 0.1) is 13.8 Å². The summed E-state index contributed by atoms with van der Waals surface area (Å²) in [6, 6.07) is 13.4. The molecule has 0 fully saturated rings. The molecular formula is C22H31N3O3S. The first kappa shape index (κ1) is 22.9. The Bertz CT molecular complexity index is 954. The lowest BCUT2D eigenvalue weighted by atomic mass is 10.1. The molecule has 2 aromatic carbocycles. The van der Waals surface area contributed by atoms with Crippen molar-refractivity contribution >= 4 is 21.8 Å². The molecule has 0 saturated carbocycles. The summed E-state index contributed by atoms with van der Waals surface area (Å²) in [6.45, 7) is 7.42. The average molecular weight is 418 g/mol. The zero-order valence-corrected chi connectivity index (χ0v) is 18.9. The SMILES string of the molecule is CCc1ccc([C@H](C)NC(=O)CN(c2cc(C)ccc2C)S(=O)(=O)N(C)C)cc1. The zero-order valence-electron chi connectivity index (χ0n) is 18.1. The normalized spacial score (nSPS) is 12.7.